The molecule has 2 aromatic heterocycles. The van der Waals surface area contributed by atoms with Gasteiger partial charge in [-0.1, -0.05) is 0 Å². The maximum Gasteiger partial charge on any atom is 0.358 e. The number of carbonyl (C=O) groups is 1. The molecule has 3 rings (SSSR count). The van der Waals surface area contributed by atoms with Gasteiger partial charge in [-0.05, 0) is 0 Å². The number of H-pyrrole nitrogens is 2. The largest absolute Gasteiger partial charge is 0.478 e. The van der Waals surface area contributed by atoms with Crippen LogP contribution in [0.1, 0.15) is 6.42 Å². The van der Waals surface area contributed by atoms with Gasteiger partial charge in [0.1, 0.15) is 6.10 Å². The van der Waals surface area contributed by atoms with Gasteiger partial charge in [0, 0.05) is 6.42 Å². The fourth-order valence-corrected chi connectivity index (χ4v) is 2.68. The van der Waals surface area contributed by atoms with E-state index in [-0.39, 0.29) is 17.1 Å². The van der Waals surface area contributed by atoms with E-state index in [1.54, 1.807) is 0 Å². The topological polar surface area (TPSA) is 197 Å². The maximum atomic E-state index is 12.2. The number of rotatable bonds is 3. The number of aromatic amines is 2. The smallest absolute Gasteiger partial charge is 0.358 e. The van der Waals surface area contributed by atoms with Gasteiger partial charge in [0.05, 0.1) is 12.7 Å². The number of aromatic nitrogens is 4. The average Bonchev–Trinajstić information content (AvgIpc) is 2.97. The Morgan fingerprint density at radius 2 is 2.17 bits per heavy atom. The predicted molar refractivity (Wildman–Crippen MR) is 73.6 cm³/mol. The van der Waals surface area contributed by atoms with Crippen molar-refractivity contribution in [1.82, 2.24) is 19.5 Å². The first kappa shape index (κ1) is 15.2. The third kappa shape index (κ3) is 2.03. The lowest BCUT2D eigenvalue weighted by molar-refractivity contribution is -0.181. The summed E-state index contributed by atoms with van der Waals surface area (Å²) in [6, 6.07) is 0. The fourth-order valence-electron chi connectivity index (χ4n) is 2.68. The highest BCUT2D eigenvalue weighted by atomic mass is 16.6. The number of fused-ring (bicyclic) bond motifs is 1. The van der Waals surface area contributed by atoms with Gasteiger partial charge in [0.2, 0.25) is 5.95 Å². The lowest BCUT2D eigenvalue weighted by Gasteiger charge is -2.25. The van der Waals surface area contributed by atoms with Crippen LogP contribution in [0.5, 0.6) is 0 Å². The summed E-state index contributed by atoms with van der Waals surface area (Å²) in [6.07, 6.45) is -3.05. The van der Waals surface area contributed by atoms with Gasteiger partial charge >= 0.3 is 11.7 Å². The van der Waals surface area contributed by atoms with Gasteiger partial charge in [0.15, 0.2) is 11.2 Å². The second-order valence-corrected chi connectivity index (χ2v) is 5.12. The number of imidazole rings is 1. The minimum Gasteiger partial charge on any atom is -0.478 e. The highest BCUT2D eigenvalue weighted by Gasteiger charge is 2.55. The number of nitrogens with one attached hydrogen (secondary N) is 2. The van der Waals surface area contributed by atoms with Gasteiger partial charge < -0.3 is 25.8 Å². The van der Waals surface area contributed by atoms with E-state index < -0.39 is 48.2 Å². The molecule has 0 aromatic carbocycles. The Morgan fingerprint density at radius 3 is 2.74 bits per heavy atom. The summed E-state index contributed by atoms with van der Waals surface area (Å²) in [5.41, 5.74) is 0.755. The van der Waals surface area contributed by atoms with Crippen molar-refractivity contribution in [3.05, 3.63) is 20.8 Å². The van der Waals surface area contributed by atoms with Crippen LogP contribution in [0.3, 0.4) is 0 Å². The summed E-state index contributed by atoms with van der Waals surface area (Å²) in [5, 5.41) is 28.6. The molecule has 0 unspecified atom stereocenters. The van der Waals surface area contributed by atoms with E-state index in [1.807, 2.05) is 0 Å². The molecule has 2 aromatic rings. The Hall–Kier alpha value is -2.70. The Morgan fingerprint density at radius 1 is 1.48 bits per heavy atom. The summed E-state index contributed by atoms with van der Waals surface area (Å²) in [7, 11) is 0. The lowest BCUT2D eigenvalue weighted by Crippen LogP contribution is -2.47. The van der Waals surface area contributed by atoms with Crippen LogP contribution in [-0.2, 0) is 15.3 Å². The normalized spacial score (nSPS) is 27.6. The summed E-state index contributed by atoms with van der Waals surface area (Å²) in [5.74, 6) is -1.91. The van der Waals surface area contributed by atoms with Crippen molar-refractivity contribution in [1.29, 1.82) is 0 Å². The molecule has 0 bridgehead atoms. The Bertz CT molecular complexity index is 898. The van der Waals surface area contributed by atoms with Crippen LogP contribution in [0.15, 0.2) is 9.59 Å². The second kappa shape index (κ2) is 4.91. The summed E-state index contributed by atoms with van der Waals surface area (Å²) in [4.78, 5) is 43.9. The highest BCUT2D eigenvalue weighted by molar-refractivity contribution is 5.79. The standard InChI is InChI=1S/C11H13N5O7/c12-9-14-6-5(7(19)15-9)13-10(22)16(6)11(8(20)21)1-3(18)4(2-17)23-11/h3-4,17-18H,1-2H2,(H,13,22)(H,20,21)(H3,12,14,15,19)/t3-,4+,11-/m0/s1. The van der Waals surface area contributed by atoms with Crippen LogP contribution in [-0.4, -0.2) is 59.6 Å². The molecule has 124 valence electrons. The number of ether oxygens (including phenoxy) is 1. The molecule has 1 saturated heterocycles. The van der Waals surface area contributed by atoms with Crippen molar-refractivity contribution in [3.63, 3.8) is 0 Å². The molecule has 0 aliphatic carbocycles. The molecule has 12 heteroatoms. The van der Waals surface area contributed by atoms with E-state index in [0.717, 1.165) is 0 Å². The van der Waals surface area contributed by atoms with Crippen LogP contribution in [0.4, 0.5) is 5.95 Å². The third-order valence-electron chi connectivity index (χ3n) is 3.70. The predicted octanol–water partition coefficient (Wildman–Crippen LogP) is -3.13. The van der Waals surface area contributed by atoms with E-state index in [2.05, 4.69) is 15.0 Å². The number of nitrogens with zero attached hydrogens (tertiary/aromatic N) is 2. The molecule has 7 N–H and O–H groups in total. The van der Waals surface area contributed by atoms with Gasteiger partial charge in [-0.15, -0.1) is 0 Å². The minimum absolute atomic E-state index is 0.282. The molecule has 0 saturated carbocycles. The van der Waals surface area contributed by atoms with Gasteiger partial charge in [-0.3, -0.25) is 14.8 Å². The first-order valence-corrected chi connectivity index (χ1v) is 6.51. The first-order chi connectivity index (χ1) is 10.8. The van der Waals surface area contributed by atoms with E-state index in [9.17, 15) is 24.6 Å². The Kier molecular flexibility index (Phi) is 3.24. The van der Waals surface area contributed by atoms with Crippen LogP contribution >= 0.6 is 0 Å². The number of anilines is 1. The van der Waals surface area contributed by atoms with Gasteiger partial charge in [-0.25, -0.2) is 14.2 Å². The number of aliphatic carboxylic acids is 1. The van der Waals surface area contributed by atoms with Crippen molar-refractivity contribution < 1.29 is 24.9 Å². The number of aliphatic hydroxyl groups excluding tert-OH is 2. The number of hydrogen-bond acceptors (Lipinski definition) is 8. The van der Waals surface area contributed by atoms with Crippen molar-refractivity contribution in [3.8, 4) is 0 Å². The number of carboxylic acid groups (broad SMARTS) is 1. The monoisotopic (exact) mass is 327 g/mol. The highest BCUT2D eigenvalue weighted by Crippen LogP contribution is 2.36. The molecular formula is C11H13N5O7. The lowest BCUT2D eigenvalue weighted by atomic mass is 10.1. The first-order valence-electron chi connectivity index (χ1n) is 6.51. The van der Waals surface area contributed by atoms with Crippen molar-refractivity contribution in [2.75, 3.05) is 12.3 Å². The summed E-state index contributed by atoms with van der Waals surface area (Å²) in [6.45, 7) is -0.649. The molecule has 12 nitrogen and oxygen atoms in total. The van der Waals surface area contributed by atoms with E-state index in [1.165, 1.54) is 0 Å². The van der Waals surface area contributed by atoms with Crippen LogP contribution < -0.4 is 17.0 Å². The second-order valence-electron chi connectivity index (χ2n) is 5.12. The van der Waals surface area contributed by atoms with Gasteiger partial charge in [0.25, 0.3) is 11.3 Å². The van der Waals surface area contributed by atoms with Crippen LogP contribution in [0, 0.1) is 0 Å². The van der Waals surface area contributed by atoms with Crippen molar-refractivity contribution in [2.45, 2.75) is 24.4 Å². The molecule has 3 atom stereocenters. The van der Waals surface area contributed by atoms with Crippen LogP contribution in [0.2, 0.25) is 0 Å². The number of nitrogen functional groups attached to an aromatic ring is 1. The maximum absolute atomic E-state index is 12.2. The molecule has 0 amide bonds. The minimum atomic E-state index is -2.32. The number of carboxylic acids is 1. The molecule has 1 aliphatic rings. The Labute approximate surface area is 126 Å². The average molecular weight is 327 g/mol. The summed E-state index contributed by atoms with van der Waals surface area (Å²) < 4.78 is 5.84. The number of nitrogens with two attached hydrogens (primary N) is 1. The van der Waals surface area contributed by atoms with E-state index in [0.29, 0.717) is 4.57 Å². The zero-order chi connectivity index (χ0) is 16.9. The van der Waals surface area contributed by atoms with Crippen molar-refractivity contribution in [2.24, 2.45) is 0 Å². The molecule has 0 radical (unpaired) electrons. The van der Waals surface area contributed by atoms with E-state index >= 15 is 0 Å². The quantitative estimate of drug-likeness (QED) is 0.337. The number of hydrogen-bond donors (Lipinski definition) is 6. The molecule has 1 fully saturated rings. The molecule has 23 heavy (non-hydrogen) atoms. The number of aliphatic hydroxyl groups is 2. The Balaban J connectivity index is 2.33. The zero-order valence-corrected chi connectivity index (χ0v) is 11.5. The van der Waals surface area contributed by atoms with Crippen LogP contribution in [0.25, 0.3) is 11.2 Å². The summed E-state index contributed by atoms with van der Waals surface area (Å²) >= 11 is 0. The fraction of sp³-hybridized carbons (Fsp3) is 0.455. The molecule has 0 spiro atoms. The molecular weight excluding hydrogens is 314 g/mol. The van der Waals surface area contributed by atoms with Gasteiger partial charge in [-0.2, -0.15) is 4.98 Å². The SMILES string of the molecule is Nc1nc2c([nH]c(=O)n2[C@@]2(C(=O)O)C[C@H](O)[C@@H](CO)O2)c(=O)[nH]1. The van der Waals surface area contributed by atoms with Crippen molar-refractivity contribution >= 4 is 23.1 Å². The molecule has 3 heterocycles. The zero-order valence-electron chi connectivity index (χ0n) is 11.5. The third-order valence-corrected chi connectivity index (χ3v) is 3.70. The molecule has 1 aliphatic heterocycles. The van der Waals surface area contributed by atoms with E-state index in [4.69, 9.17) is 15.6 Å².